The van der Waals surface area contributed by atoms with E-state index in [0.717, 1.165) is 5.56 Å². The maximum atomic E-state index is 12.5. The summed E-state index contributed by atoms with van der Waals surface area (Å²) in [6.45, 7) is 4.12. The van der Waals surface area contributed by atoms with Crippen LogP contribution >= 0.6 is 11.8 Å². The van der Waals surface area contributed by atoms with Gasteiger partial charge < -0.3 is 9.64 Å². The average molecular weight is 277 g/mol. The van der Waals surface area contributed by atoms with E-state index in [2.05, 4.69) is 0 Å². The Morgan fingerprint density at radius 2 is 2.26 bits per heavy atom. The van der Waals surface area contributed by atoms with E-state index in [-0.39, 0.29) is 11.9 Å². The highest BCUT2D eigenvalue weighted by Crippen LogP contribution is 2.53. The number of amides is 1. The molecular formula is C14H15NO3S. The highest BCUT2D eigenvalue weighted by Gasteiger charge is 2.56. The summed E-state index contributed by atoms with van der Waals surface area (Å²) in [6.07, 6.45) is 0. The molecule has 5 heteroatoms. The molecule has 1 aromatic rings. The van der Waals surface area contributed by atoms with Crippen LogP contribution in [0.15, 0.2) is 24.3 Å². The summed E-state index contributed by atoms with van der Waals surface area (Å²) in [5, 5.41) is 0. The van der Waals surface area contributed by atoms with E-state index in [9.17, 15) is 9.59 Å². The second-order valence-electron chi connectivity index (χ2n) is 4.78. The molecule has 0 radical (unpaired) electrons. The topological polar surface area (TPSA) is 46.6 Å². The Hall–Kier alpha value is -1.49. The zero-order valence-electron chi connectivity index (χ0n) is 10.9. The zero-order valence-corrected chi connectivity index (χ0v) is 11.7. The number of fused-ring (bicyclic) bond motifs is 3. The van der Waals surface area contributed by atoms with Crippen molar-refractivity contribution in [3.63, 3.8) is 0 Å². The quantitative estimate of drug-likeness (QED) is 0.776. The Kier molecular flexibility index (Phi) is 2.82. The van der Waals surface area contributed by atoms with E-state index in [1.807, 2.05) is 31.2 Å². The van der Waals surface area contributed by atoms with Crippen LogP contribution in [0.3, 0.4) is 0 Å². The molecule has 1 aromatic carbocycles. The standard InChI is InChI=1S/C14H15NO3S/c1-3-18-13(17)11-8-19-14(2)10-7-5-4-6-9(10)12(16)15(11)14/h4-7,11H,3,8H2,1-2H3/t11-,14-/m0/s1. The van der Waals surface area contributed by atoms with Gasteiger partial charge in [-0.3, -0.25) is 4.79 Å². The molecule has 0 aliphatic carbocycles. The molecule has 0 unspecified atom stereocenters. The number of hydrogen-bond acceptors (Lipinski definition) is 4. The number of esters is 1. The minimum Gasteiger partial charge on any atom is -0.464 e. The third kappa shape index (κ3) is 1.61. The van der Waals surface area contributed by atoms with E-state index in [1.54, 1.807) is 23.6 Å². The molecule has 2 aliphatic heterocycles. The second-order valence-corrected chi connectivity index (χ2v) is 6.20. The van der Waals surface area contributed by atoms with Gasteiger partial charge in [0, 0.05) is 16.9 Å². The largest absolute Gasteiger partial charge is 0.464 e. The van der Waals surface area contributed by atoms with E-state index in [4.69, 9.17) is 4.74 Å². The summed E-state index contributed by atoms with van der Waals surface area (Å²) in [4.78, 5) is 25.7. The summed E-state index contributed by atoms with van der Waals surface area (Å²) in [6, 6.07) is 7.10. The van der Waals surface area contributed by atoms with Crippen molar-refractivity contribution in [3.8, 4) is 0 Å². The smallest absolute Gasteiger partial charge is 0.329 e. The highest BCUT2D eigenvalue weighted by atomic mass is 32.2. The third-order valence-electron chi connectivity index (χ3n) is 3.73. The van der Waals surface area contributed by atoms with Crippen molar-refractivity contribution >= 4 is 23.6 Å². The van der Waals surface area contributed by atoms with Crippen LogP contribution in [0.5, 0.6) is 0 Å². The number of nitrogens with zero attached hydrogens (tertiary/aromatic N) is 1. The van der Waals surface area contributed by atoms with E-state index >= 15 is 0 Å². The van der Waals surface area contributed by atoms with Gasteiger partial charge in [-0.2, -0.15) is 0 Å². The number of thioether (sulfide) groups is 1. The molecule has 2 atom stereocenters. The lowest BCUT2D eigenvalue weighted by molar-refractivity contribution is -0.148. The van der Waals surface area contributed by atoms with Crippen LogP contribution < -0.4 is 0 Å². The molecule has 0 spiro atoms. The molecule has 4 nitrogen and oxygen atoms in total. The van der Waals surface area contributed by atoms with Gasteiger partial charge in [0.25, 0.3) is 5.91 Å². The molecule has 100 valence electrons. The first-order chi connectivity index (χ1) is 9.09. The summed E-state index contributed by atoms with van der Waals surface area (Å²) in [5.74, 6) is 0.219. The summed E-state index contributed by atoms with van der Waals surface area (Å²) >= 11 is 1.63. The van der Waals surface area contributed by atoms with Gasteiger partial charge in [0.05, 0.1) is 6.61 Å². The number of ether oxygens (including phenoxy) is 1. The van der Waals surface area contributed by atoms with Crippen molar-refractivity contribution in [2.45, 2.75) is 24.8 Å². The number of carbonyl (C=O) groups is 2. The first kappa shape index (κ1) is 12.5. The molecule has 0 saturated carbocycles. The number of benzene rings is 1. The van der Waals surface area contributed by atoms with Crippen molar-refractivity contribution in [1.29, 1.82) is 0 Å². The van der Waals surface area contributed by atoms with Gasteiger partial charge in [0.2, 0.25) is 0 Å². The lowest BCUT2D eigenvalue weighted by Crippen LogP contribution is -2.45. The van der Waals surface area contributed by atoms with Crippen LogP contribution in [0.4, 0.5) is 0 Å². The third-order valence-corrected chi connectivity index (χ3v) is 5.19. The summed E-state index contributed by atoms with van der Waals surface area (Å²) in [7, 11) is 0. The van der Waals surface area contributed by atoms with E-state index < -0.39 is 10.9 Å². The normalized spacial score (nSPS) is 28.2. The number of hydrogen-bond donors (Lipinski definition) is 0. The molecule has 0 bridgehead atoms. The molecule has 1 saturated heterocycles. The van der Waals surface area contributed by atoms with Gasteiger partial charge in [-0.25, -0.2) is 4.79 Å². The lowest BCUT2D eigenvalue weighted by Gasteiger charge is -2.30. The number of rotatable bonds is 2. The van der Waals surface area contributed by atoms with Crippen molar-refractivity contribution in [2.24, 2.45) is 0 Å². The number of carbonyl (C=O) groups excluding carboxylic acids is 2. The molecule has 0 aromatic heterocycles. The minimum atomic E-state index is -0.477. The molecular weight excluding hydrogens is 262 g/mol. The van der Waals surface area contributed by atoms with Crippen LogP contribution in [0.2, 0.25) is 0 Å². The first-order valence-corrected chi connectivity index (χ1v) is 7.32. The van der Waals surface area contributed by atoms with Crippen LogP contribution in [-0.4, -0.2) is 35.2 Å². The Labute approximate surface area is 116 Å². The van der Waals surface area contributed by atoms with Crippen LogP contribution in [-0.2, 0) is 14.4 Å². The molecule has 19 heavy (non-hydrogen) atoms. The Bertz CT molecular complexity index is 559. The van der Waals surface area contributed by atoms with Crippen molar-refractivity contribution in [3.05, 3.63) is 35.4 Å². The average Bonchev–Trinajstić information content (AvgIpc) is 2.86. The molecule has 0 N–H and O–H groups in total. The Morgan fingerprint density at radius 3 is 3.00 bits per heavy atom. The van der Waals surface area contributed by atoms with Gasteiger partial charge in [-0.05, 0) is 19.9 Å². The fraction of sp³-hybridized carbons (Fsp3) is 0.429. The Balaban J connectivity index is 2.02. The molecule has 3 rings (SSSR count). The molecule has 2 heterocycles. The molecule has 2 aliphatic rings. The highest BCUT2D eigenvalue weighted by molar-refractivity contribution is 8.00. The van der Waals surface area contributed by atoms with Gasteiger partial charge in [-0.1, -0.05) is 18.2 Å². The van der Waals surface area contributed by atoms with Crippen molar-refractivity contribution < 1.29 is 14.3 Å². The van der Waals surface area contributed by atoms with E-state index in [0.29, 0.717) is 17.9 Å². The SMILES string of the molecule is CCOC(=O)[C@@H]1CS[C@@]2(C)c3ccccc3C(=O)N12. The van der Waals surface area contributed by atoms with E-state index in [1.165, 1.54) is 0 Å². The fourth-order valence-electron chi connectivity index (χ4n) is 2.84. The van der Waals surface area contributed by atoms with Crippen LogP contribution in [0.25, 0.3) is 0 Å². The van der Waals surface area contributed by atoms with Gasteiger partial charge in [0.1, 0.15) is 10.9 Å². The van der Waals surface area contributed by atoms with Crippen LogP contribution in [0.1, 0.15) is 29.8 Å². The van der Waals surface area contributed by atoms with Crippen LogP contribution in [0, 0.1) is 0 Å². The fourth-order valence-corrected chi connectivity index (χ4v) is 4.29. The van der Waals surface area contributed by atoms with Crippen molar-refractivity contribution in [1.82, 2.24) is 4.90 Å². The van der Waals surface area contributed by atoms with Crippen molar-refractivity contribution in [2.75, 3.05) is 12.4 Å². The predicted octanol–water partition coefficient (Wildman–Crippen LogP) is 1.99. The van der Waals surface area contributed by atoms with Gasteiger partial charge >= 0.3 is 5.97 Å². The van der Waals surface area contributed by atoms with Gasteiger partial charge in [0.15, 0.2) is 0 Å². The summed E-state index contributed by atoms with van der Waals surface area (Å²) in [5.41, 5.74) is 1.70. The van der Waals surface area contributed by atoms with Gasteiger partial charge in [-0.15, -0.1) is 11.8 Å². The zero-order chi connectivity index (χ0) is 13.6. The lowest BCUT2D eigenvalue weighted by atomic mass is 10.1. The first-order valence-electron chi connectivity index (χ1n) is 6.33. The molecule has 1 amide bonds. The monoisotopic (exact) mass is 277 g/mol. The molecule has 1 fully saturated rings. The summed E-state index contributed by atoms with van der Waals surface area (Å²) < 4.78 is 5.08. The predicted molar refractivity (Wildman–Crippen MR) is 72.8 cm³/mol. The maximum absolute atomic E-state index is 12.5. The maximum Gasteiger partial charge on any atom is 0.329 e. The second kappa shape index (κ2) is 4.27. The minimum absolute atomic E-state index is 0.0684. The Morgan fingerprint density at radius 1 is 1.53 bits per heavy atom.